The number of piperidine rings is 1. The minimum Gasteiger partial charge on any atom is -0.468 e. The number of hydrogen-bond acceptors (Lipinski definition) is 3. The van der Waals surface area contributed by atoms with Gasteiger partial charge in [0.25, 0.3) is 0 Å². The van der Waals surface area contributed by atoms with Gasteiger partial charge in [0.15, 0.2) is 0 Å². The summed E-state index contributed by atoms with van der Waals surface area (Å²) < 4.78 is 5.51. The van der Waals surface area contributed by atoms with Crippen LogP contribution in [-0.2, 0) is 16.8 Å². The van der Waals surface area contributed by atoms with E-state index in [0.29, 0.717) is 0 Å². The normalized spacial score (nSPS) is 27.2. The highest BCUT2D eigenvalue weighted by Gasteiger charge is 2.51. The van der Waals surface area contributed by atoms with Gasteiger partial charge in [0, 0.05) is 25.4 Å². The van der Waals surface area contributed by atoms with Gasteiger partial charge in [-0.05, 0) is 37.1 Å². The summed E-state index contributed by atoms with van der Waals surface area (Å²) >= 11 is 0. The third-order valence-electron chi connectivity index (χ3n) is 5.83. The van der Waals surface area contributed by atoms with Crippen molar-refractivity contribution in [3.63, 3.8) is 0 Å². The Balaban J connectivity index is 1.62. The molecule has 4 nitrogen and oxygen atoms in total. The maximum atomic E-state index is 12.2. The molecule has 126 valence electrons. The third-order valence-corrected chi connectivity index (χ3v) is 5.83. The lowest BCUT2D eigenvalue weighted by Gasteiger charge is -2.46. The summed E-state index contributed by atoms with van der Waals surface area (Å²) in [6.45, 7) is 5.34. The fraction of sp³-hybridized carbons (Fsp3) is 0.450. The van der Waals surface area contributed by atoms with Gasteiger partial charge in [-0.1, -0.05) is 30.3 Å². The van der Waals surface area contributed by atoms with Gasteiger partial charge in [-0.25, -0.2) is 0 Å². The van der Waals surface area contributed by atoms with Crippen LogP contribution in [-0.4, -0.2) is 41.4 Å². The van der Waals surface area contributed by atoms with Crippen LogP contribution in [0, 0.1) is 0 Å². The van der Waals surface area contributed by atoms with Gasteiger partial charge in [-0.3, -0.25) is 9.69 Å². The highest BCUT2D eigenvalue weighted by atomic mass is 16.3. The number of nitrogens with zero attached hydrogens (tertiary/aromatic N) is 2. The number of furan rings is 1. The average Bonchev–Trinajstić information content (AvgIpc) is 3.23. The van der Waals surface area contributed by atoms with Crippen LogP contribution in [0.3, 0.4) is 0 Å². The summed E-state index contributed by atoms with van der Waals surface area (Å²) in [4.78, 5) is 16.7. The molecule has 2 fully saturated rings. The second-order valence-electron chi connectivity index (χ2n) is 7.06. The first-order chi connectivity index (χ1) is 11.7. The van der Waals surface area contributed by atoms with E-state index in [0.717, 1.165) is 44.8 Å². The fourth-order valence-electron chi connectivity index (χ4n) is 4.59. The maximum absolute atomic E-state index is 12.2. The van der Waals surface area contributed by atoms with Crippen LogP contribution in [0.5, 0.6) is 0 Å². The lowest BCUT2D eigenvalue weighted by molar-refractivity contribution is -0.131. The van der Waals surface area contributed by atoms with Gasteiger partial charge in [-0.15, -0.1) is 0 Å². The summed E-state index contributed by atoms with van der Waals surface area (Å²) in [5, 5.41) is 0. The predicted octanol–water partition coefficient (Wildman–Crippen LogP) is 3.04. The monoisotopic (exact) mass is 324 g/mol. The standard InChI is InChI=1S/C20H24N2O2/c1-16(23)22-12-10-20(17-6-3-2-4-7-17)9-11-21(15-19(20)22)14-18-8-5-13-24-18/h2-8,13,19H,9-12,14-15H2,1H3/t19-,20+/m0/s1. The highest BCUT2D eigenvalue weighted by molar-refractivity contribution is 5.74. The van der Waals surface area contributed by atoms with Crippen molar-refractivity contribution in [1.82, 2.24) is 9.80 Å². The van der Waals surface area contributed by atoms with E-state index < -0.39 is 0 Å². The molecule has 24 heavy (non-hydrogen) atoms. The van der Waals surface area contributed by atoms with Crippen molar-refractivity contribution < 1.29 is 9.21 Å². The molecule has 0 N–H and O–H groups in total. The Labute approximate surface area is 143 Å². The Kier molecular flexibility index (Phi) is 3.93. The van der Waals surface area contributed by atoms with E-state index in [-0.39, 0.29) is 17.4 Å². The van der Waals surface area contributed by atoms with E-state index in [9.17, 15) is 4.79 Å². The van der Waals surface area contributed by atoms with E-state index >= 15 is 0 Å². The van der Waals surface area contributed by atoms with Crippen LogP contribution in [0.2, 0.25) is 0 Å². The molecule has 0 saturated carbocycles. The van der Waals surface area contributed by atoms with Crippen LogP contribution in [0.25, 0.3) is 0 Å². The lowest BCUT2D eigenvalue weighted by Crippen LogP contribution is -2.56. The quantitative estimate of drug-likeness (QED) is 0.871. The molecule has 2 saturated heterocycles. The van der Waals surface area contributed by atoms with Gasteiger partial charge < -0.3 is 9.32 Å². The van der Waals surface area contributed by atoms with E-state index in [1.807, 2.05) is 12.1 Å². The number of amides is 1. The Bertz CT molecular complexity index is 698. The molecule has 0 radical (unpaired) electrons. The fourth-order valence-corrected chi connectivity index (χ4v) is 4.59. The van der Waals surface area contributed by atoms with E-state index in [2.05, 4.69) is 40.1 Å². The van der Waals surface area contributed by atoms with Gasteiger partial charge in [0.2, 0.25) is 5.91 Å². The summed E-state index contributed by atoms with van der Waals surface area (Å²) in [7, 11) is 0. The lowest BCUT2D eigenvalue weighted by atomic mass is 9.69. The number of fused-ring (bicyclic) bond motifs is 1. The summed E-state index contributed by atoms with van der Waals surface area (Å²) in [6.07, 6.45) is 3.88. The summed E-state index contributed by atoms with van der Waals surface area (Å²) in [5.74, 6) is 1.19. The molecular formula is C20H24N2O2. The molecular weight excluding hydrogens is 300 g/mol. The molecule has 0 spiro atoms. The third kappa shape index (κ3) is 2.55. The van der Waals surface area contributed by atoms with Crippen molar-refractivity contribution in [2.24, 2.45) is 0 Å². The number of benzene rings is 1. The SMILES string of the molecule is CC(=O)N1CC[C@@]2(c3ccccc3)CCN(Cc3ccco3)C[C@H]12. The van der Waals surface area contributed by atoms with Crippen molar-refractivity contribution in [3.05, 3.63) is 60.1 Å². The van der Waals surface area contributed by atoms with E-state index in [4.69, 9.17) is 4.42 Å². The van der Waals surface area contributed by atoms with Crippen molar-refractivity contribution in [1.29, 1.82) is 0 Å². The molecule has 0 bridgehead atoms. The second kappa shape index (κ2) is 6.10. The molecule has 1 amide bonds. The largest absolute Gasteiger partial charge is 0.468 e. The van der Waals surface area contributed by atoms with Gasteiger partial charge in [0.1, 0.15) is 5.76 Å². The predicted molar refractivity (Wildman–Crippen MR) is 92.5 cm³/mol. The molecule has 2 atom stereocenters. The molecule has 4 rings (SSSR count). The van der Waals surface area contributed by atoms with Crippen molar-refractivity contribution >= 4 is 5.91 Å². The van der Waals surface area contributed by atoms with Crippen molar-refractivity contribution in [2.75, 3.05) is 19.6 Å². The number of hydrogen-bond donors (Lipinski definition) is 0. The first-order valence-corrected chi connectivity index (χ1v) is 8.76. The van der Waals surface area contributed by atoms with E-state index in [1.165, 1.54) is 5.56 Å². The minimum absolute atomic E-state index is 0.104. The molecule has 3 heterocycles. The van der Waals surface area contributed by atoms with Crippen molar-refractivity contribution in [2.45, 2.75) is 37.8 Å². The zero-order valence-corrected chi connectivity index (χ0v) is 14.1. The van der Waals surface area contributed by atoms with Gasteiger partial charge in [-0.2, -0.15) is 0 Å². The highest BCUT2D eigenvalue weighted by Crippen LogP contribution is 2.46. The number of likely N-dealkylation sites (tertiary alicyclic amines) is 2. The van der Waals surface area contributed by atoms with Crippen LogP contribution < -0.4 is 0 Å². The zero-order chi connectivity index (χ0) is 16.6. The average molecular weight is 324 g/mol. The maximum Gasteiger partial charge on any atom is 0.219 e. The Morgan fingerprint density at radius 2 is 1.96 bits per heavy atom. The number of carbonyl (C=O) groups excluding carboxylic acids is 1. The molecule has 0 aliphatic carbocycles. The zero-order valence-electron chi connectivity index (χ0n) is 14.1. The second-order valence-corrected chi connectivity index (χ2v) is 7.06. The number of rotatable bonds is 3. The first-order valence-electron chi connectivity index (χ1n) is 8.76. The first kappa shape index (κ1) is 15.5. The Morgan fingerprint density at radius 1 is 1.17 bits per heavy atom. The molecule has 2 aromatic rings. The van der Waals surface area contributed by atoms with E-state index in [1.54, 1.807) is 13.2 Å². The molecule has 4 heteroatoms. The Hall–Kier alpha value is -2.07. The molecule has 0 unspecified atom stereocenters. The van der Waals surface area contributed by atoms with Crippen molar-refractivity contribution in [3.8, 4) is 0 Å². The number of carbonyl (C=O) groups is 1. The topological polar surface area (TPSA) is 36.7 Å². The summed E-state index contributed by atoms with van der Waals surface area (Å²) in [6, 6.07) is 15.0. The molecule has 1 aromatic heterocycles. The minimum atomic E-state index is 0.104. The van der Waals surface area contributed by atoms with Crippen LogP contribution in [0.1, 0.15) is 31.1 Å². The molecule has 2 aliphatic heterocycles. The molecule has 2 aliphatic rings. The van der Waals surface area contributed by atoms with Crippen LogP contribution in [0.15, 0.2) is 53.1 Å². The summed E-state index contributed by atoms with van der Waals surface area (Å²) in [5.41, 5.74) is 1.49. The van der Waals surface area contributed by atoms with Gasteiger partial charge in [0.05, 0.1) is 18.8 Å². The van der Waals surface area contributed by atoms with Crippen LogP contribution >= 0.6 is 0 Å². The molecule has 1 aromatic carbocycles. The van der Waals surface area contributed by atoms with Crippen LogP contribution in [0.4, 0.5) is 0 Å². The smallest absolute Gasteiger partial charge is 0.219 e. The van der Waals surface area contributed by atoms with Gasteiger partial charge >= 0.3 is 0 Å². The Morgan fingerprint density at radius 3 is 2.67 bits per heavy atom.